The molecule has 0 saturated carbocycles. The SMILES string of the molecule is NCCNc1ccc([N+](=O)[O-])cc1S(=O)(=O)O. The summed E-state index contributed by atoms with van der Waals surface area (Å²) in [4.78, 5) is 9.20. The lowest BCUT2D eigenvalue weighted by molar-refractivity contribution is -0.385. The van der Waals surface area contributed by atoms with Crippen LogP contribution in [-0.4, -0.2) is 31.0 Å². The summed E-state index contributed by atoms with van der Waals surface area (Å²) in [6, 6.07) is 3.12. The van der Waals surface area contributed by atoms with E-state index >= 15 is 0 Å². The quantitative estimate of drug-likeness (QED) is 0.391. The number of rotatable bonds is 5. The molecule has 94 valence electrons. The molecule has 0 radical (unpaired) electrons. The first-order valence-electron chi connectivity index (χ1n) is 4.56. The maximum Gasteiger partial charge on any atom is 0.296 e. The highest BCUT2D eigenvalue weighted by molar-refractivity contribution is 7.86. The van der Waals surface area contributed by atoms with E-state index in [9.17, 15) is 18.5 Å². The Morgan fingerprint density at radius 3 is 2.59 bits per heavy atom. The van der Waals surface area contributed by atoms with Crippen LogP contribution in [0.5, 0.6) is 0 Å². The van der Waals surface area contributed by atoms with Gasteiger partial charge in [0.05, 0.1) is 10.6 Å². The predicted molar refractivity (Wildman–Crippen MR) is 60.5 cm³/mol. The van der Waals surface area contributed by atoms with Crippen LogP contribution in [-0.2, 0) is 10.1 Å². The summed E-state index contributed by atoms with van der Waals surface area (Å²) in [7, 11) is -4.53. The van der Waals surface area contributed by atoms with Crippen LogP contribution in [0.1, 0.15) is 0 Å². The van der Waals surface area contributed by atoms with Gasteiger partial charge in [-0.2, -0.15) is 8.42 Å². The van der Waals surface area contributed by atoms with Crippen LogP contribution < -0.4 is 11.1 Å². The summed E-state index contributed by atoms with van der Waals surface area (Å²) >= 11 is 0. The normalized spacial score (nSPS) is 11.2. The van der Waals surface area contributed by atoms with E-state index in [1.807, 2.05) is 0 Å². The van der Waals surface area contributed by atoms with E-state index in [4.69, 9.17) is 10.3 Å². The van der Waals surface area contributed by atoms with Gasteiger partial charge in [0.2, 0.25) is 0 Å². The zero-order valence-electron chi connectivity index (χ0n) is 8.66. The highest BCUT2D eigenvalue weighted by atomic mass is 32.2. The number of nitrogens with one attached hydrogen (secondary N) is 1. The Labute approximate surface area is 97.3 Å². The van der Waals surface area contributed by atoms with Gasteiger partial charge < -0.3 is 11.1 Å². The molecule has 0 heterocycles. The average Bonchev–Trinajstić information content (AvgIpc) is 2.24. The van der Waals surface area contributed by atoms with Crippen molar-refractivity contribution in [2.45, 2.75) is 4.90 Å². The standard InChI is InChI=1S/C8H11N3O5S/c9-3-4-10-7-2-1-6(11(12)13)5-8(7)17(14,15)16/h1-2,5,10H,3-4,9H2,(H,14,15,16). The van der Waals surface area contributed by atoms with Gasteiger partial charge in [-0.25, -0.2) is 0 Å². The third-order valence-electron chi connectivity index (χ3n) is 1.91. The first kappa shape index (κ1) is 13.4. The van der Waals surface area contributed by atoms with E-state index in [-0.39, 0.29) is 18.8 Å². The summed E-state index contributed by atoms with van der Waals surface area (Å²) < 4.78 is 31.1. The molecule has 0 saturated heterocycles. The lowest BCUT2D eigenvalue weighted by atomic mass is 10.3. The summed E-state index contributed by atoms with van der Waals surface area (Å²) in [5.41, 5.74) is 4.88. The van der Waals surface area contributed by atoms with Gasteiger partial charge in [-0.3, -0.25) is 14.7 Å². The molecule has 0 aliphatic rings. The minimum absolute atomic E-state index is 0.0727. The number of nitro benzene ring substituents is 1. The van der Waals surface area contributed by atoms with E-state index in [1.54, 1.807) is 0 Å². The number of nitrogens with two attached hydrogens (primary N) is 1. The van der Waals surface area contributed by atoms with Crippen molar-refractivity contribution in [3.8, 4) is 0 Å². The van der Waals surface area contributed by atoms with Gasteiger partial charge in [0.15, 0.2) is 0 Å². The molecule has 4 N–H and O–H groups in total. The molecule has 17 heavy (non-hydrogen) atoms. The van der Waals surface area contributed by atoms with Gasteiger partial charge in [-0.05, 0) is 6.07 Å². The fourth-order valence-corrected chi connectivity index (χ4v) is 1.88. The molecule has 0 aliphatic heterocycles. The summed E-state index contributed by atoms with van der Waals surface area (Å²) in [5, 5.41) is 13.1. The Balaban J connectivity index is 3.27. The Bertz CT molecular complexity index is 528. The van der Waals surface area contributed by atoms with Crippen molar-refractivity contribution >= 4 is 21.5 Å². The van der Waals surface area contributed by atoms with E-state index < -0.39 is 25.6 Å². The van der Waals surface area contributed by atoms with E-state index in [2.05, 4.69) is 5.32 Å². The van der Waals surface area contributed by atoms with Gasteiger partial charge in [-0.15, -0.1) is 0 Å². The van der Waals surface area contributed by atoms with Crippen LogP contribution in [0.4, 0.5) is 11.4 Å². The number of anilines is 1. The topological polar surface area (TPSA) is 136 Å². The number of nitrogens with zero attached hydrogens (tertiary/aromatic N) is 1. The number of hydrogen-bond acceptors (Lipinski definition) is 6. The number of non-ortho nitro benzene ring substituents is 1. The van der Waals surface area contributed by atoms with E-state index in [0.717, 1.165) is 12.1 Å². The van der Waals surface area contributed by atoms with Crippen LogP contribution in [0.25, 0.3) is 0 Å². The van der Waals surface area contributed by atoms with Crippen molar-refractivity contribution in [2.24, 2.45) is 5.73 Å². The Kier molecular flexibility index (Phi) is 3.99. The fourth-order valence-electron chi connectivity index (χ4n) is 1.19. The molecule has 0 spiro atoms. The largest absolute Gasteiger partial charge is 0.383 e. The molecule has 9 heteroatoms. The van der Waals surface area contributed by atoms with Gasteiger partial charge in [0, 0.05) is 25.2 Å². The molecule has 0 atom stereocenters. The maximum absolute atomic E-state index is 11.1. The molecular weight excluding hydrogens is 250 g/mol. The number of hydrogen-bond donors (Lipinski definition) is 3. The van der Waals surface area contributed by atoms with Crippen molar-refractivity contribution in [1.82, 2.24) is 0 Å². The third-order valence-corrected chi connectivity index (χ3v) is 2.81. The van der Waals surface area contributed by atoms with E-state index in [1.165, 1.54) is 6.07 Å². The lowest BCUT2D eigenvalue weighted by Gasteiger charge is -2.08. The monoisotopic (exact) mass is 261 g/mol. The predicted octanol–water partition coefficient (Wildman–Crippen LogP) is 0.212. The molecule has 8 nitrogen and oxygen atoms in total. The highest BCUT2D eigenvalue weighted by Crippen LogP contribution is 2.25. The number of nitro groups is 1. The molecule has 0 aromatic heterocycles. The average molecular weight is 261 g/mol. The van der Waals surface area contributed by atoms with Crippen molar-refractivity contribution in [3.63, 3.8) is 0 Å². The second kappa shape index (κ2) is 5.08. The maximum atomic E-state index is 11.1. The highest BCUT2D eigenvalue weighted by Gasteiger charge is 2.19. The van der Waals surface area contributed by atoms with E-state index in [0.29, 0.717) is 0 Å². The Hall–Kier alpha value is -1.71. The smallest absolute Gasteiger partial charge is 0.296 e. The Morgan fingerprint density at radius 1 is 1.47 bits per heavy atom. The molecule has 1 aromatic carbocycles. The molecule has 0 amide bonds. The van der Waals surface area contributed by atoms with Gasteiger partial charge in [-0.1, -0.05) is 0 Å². The minimum Gasteiger partial charge on any atom is -0.383 e. The van der Waals surface area contributed by atoms with Gasteiger partial charge in [0.1, 0.15) is 4.90 Å². The zero-order chi connectivity index (χ0) is 13.1. The molecule has 0 bridgehead atoms. The lowest BCUT2D eigenvalue weighted by Crippen LogP contribution is -2.15. The second-order valence-corrected chi connectivity index (χ2v) is 4.52. The fraction of sp³-hybridized carbons (Fsp3) is 0.250. The third kappa shape index (κ3) is 3.37. The minimum atomic E-state index is -4.53. The molecule has 0 unspecified atom stereocenters. The van der Waals surface area contributed by atoms with Crippen molar-refractivity contribution in [3.05, 3.63) is 28.3 Å². The van der Waals surface area contributed by atoms with Gasteiger partial charge >= 0.3 is 0 Å². The van der Waals surface area contributed by atoms with Crippen LogP contribution in [0.3, 0.4) is 0 Å². The van der Waals surface area contributed by atoms with Crippen molar-refractivity contribution in [2.75, 3.05) is 18.4 Å². The first-order chi connectivity index (χ1) is 7.86. The second-order valence-electron chi connectivity index (χ2n) is 3.13. The molecule has 1 aromatic rings. The molecular formula is C8H11N3O5S. The van der Waals surface area contributed by atoms with Crippen molar-refractivity contribution < 1.29 is 17.9 Å². The zero-order valence-corrected chi connectivity index (χ0v) is 9.48. The van der Waals surface area contributed by atoms with Crippen LogP contribution in [0.15, 0.2) is 23.1 Å². The van der Waals surface area contributed by atoms with Crippen LogP contribution in [0.2, 0.25) is 0 Å². The molecule has 0 aliphatic carbocycles. The molecule has 0 fully saturated rings. The van der Waals surface area contributed by atoms with Gasteiger partial charge in [0.25, 0.3) is 15.8 Å². The molecule has 1 rings (SSSR count). The van der Waals surface area contributed by atoms with Crippen molar-refractivity contribution in [1.29, 1.82) is 0 Å². The summed E-state index contributed by atoms with van der Waals surface area (Å²) in [5.74, 6) is 0. The summed E-state index contributed by atoms with van der Waals surface area (Å²) in [6.07, 6.45) is 0. The van der Waals surface area contributed by atoms with Crippen LogP contribution in [0, 0.1) is 10.1 Å². The summed E-state index contributed by atoms with van der Waals surface area (Å²) in [6.45, 7) is 0.530. The number of benzene rings is 1. The Morgan fingerprint density at radius 2 is 2.12 bits per heavy atom. The first-order valence-corrected chi connectivity index (χ1v) is 6.00. The van der Waals surface area contributed by atoms with Crippen LogP contribution >= 0.6 is 0 Å².